The Hall–Kier alpha value is -3.15. The third-order valence-corrected chi connectivity index (χ3v) is 5.68. The van der Waals surface area contributed by atoms with Crippen molar-refractivity contribution >= 4 is 17.8 Å². The third-order valence-electron chi connectivity index (χ3n) is 5.68. The Morgan fingerprint density at radius 2 is 1.77 bits per heavy atom. The topological polar surface area (TPSA) is 78.5 Å². The van der Waals surface area contributed by atoms with Crippen molar-refractivity contribution in [2.24, 2.45) is 0 Å². The molecule has 0 bridgehead atoms. The van der Waals surface area contributed by atoms with Gasteiger partial charge < -0.3 is 10.6 Å². The number of benzene rings is 2. The van der Waals surface area contributed by atoms with Crippen LogP contribution in [0.15, 0.2) is 48.5 Å². The van der Waals surface area contributed by atoms with Crippen molar-refractivity contribution in [1.29, 1.82) is 0 Å². The molecule has 1 aliphatic rings. The number of amides is 4. The number of carbonyl (C=O) groups excluding carboxylic acids is 3. The molecule has 0 spiro atoms. The van der Waals surface area contributed by atoms with Gasteiger partial charge in [-0.25, -0.2) is 4.79 Å². The van der Waals surface area contributed by atoms with E-state index in [4.69, 9.17) is 0 Å². The fourth-order valence-electron chi connectivity index (χ4n) is 3.91. The molecule has 6 heteroatoms. The lowest BCUT2D eigenvalue weighted by atomic mass is 9.81. The van der Waals surface area contributed by atoms with Gasteiger partial charge in [-0.2, -0.15) is 0 Å². The average Bonchev–Trinajstić information content (AvgIpc) is 2.96. The molecule has 0 aromatic heterocycles. The zero-order valence-corrected chi connectivity index (χ0v) is 18.0. The lowest BCUT2D eigenvalue weighted by Crippen LogP contribution is -2.46. The van der Waals surface area contributed by atoms with Crippen molar-refractivity contribution in [3.05, 3.63) is 70.8 Å². The van der Waals surface area contributed by atoms with Crippen molar-refractivity contribution in [1.82, 2.24) is 15.5 Å². The van der Waals surface area contributed by atoms with E-state index in [1.165, 1.54) is 0 Å². The van der Waals surface area contributed by atoms with Gasteiger partial charge in [0.25, 0.3) is 5.91 Å². The molecule has 1 saturated heterocycles. The molecule has 0 saturated carbocycles. The van der Waals surface area contributed by atoms with Crippen molar-refractivity contribution in [3.63, 3.8) is 0 Å². The van der Waals surface area contributed by atoms with E-state index in [0.29, 0.717) is 11.1 Å². The number of hydrogen-bond acceptors (Lipinski definition) is 3. The Bertz CT molecular complexity index is 957. The number of hydrogen-bond donors (Lipinski definition) is 2. The van der Waals surface area contributed by atoms with Gasteiger partial charge in [-0.15, -0.1) is 0 Å². The first-order valence-corrected chi connectivity index (χ1v) is 10.4. The van der Waals surface area contributed by atoms with E-state index in [2.05, 4.69) is 10.6 Å². The number of nitrogens with one attached hydrogen (secondary N) is 2. The monoisotopic (exact) mass is 407 g/mol. The van der Waals surface area contributed by atoms with Gasteiger partial charge in [0.15, 0.2) is 5.54 Å². The van der Waals surface area contributed by atoms with Crippen LogP contribution in [-0.4, -0.2) is 35.3 Å². The second-order valence-corrected chi connectivity index (χ2v) is 7.99. The lowest BCUT2D eigenvalue weighted by molar-refractivity contribution is -0.134. The summed E-state index contributed by atoms with van der Waals surface area (Å²) in [6, 6.07) is 14.3. The van der Waals surface area contributed by atoms with Gasteiger partial charge >= 0.3 is 6.03 Å². The number of nitrogens with zero attached hydrogens (tertiary/aromatic N) is 1. The van der Waals surface area contributed by atoms with Crippen molar-refractivity contribution in [2.75, 3.05) is 6.54 Å². The molecular formula is C24H29N3O3. The van der Waals surface area contributed by atoms with Crippen LogP contribution < -0.4 is 10.6 Å². The quantitative estimate of drug-likeness (QED) is 0.691. The predicted octanol–water partition coefficient (Wildman–Crippen LogP) is 3.40. The summed E-state index contributed by atoms with van der Waals surface area (Å²) in [6.45, 7) is 7.61. The predicted molar refractivity (Wildman–Crippen MR) is 116 cm³/mol. The normalized spacial score (nSPS) is 19.5. The first-order valence-electron chi connectivity index (χ1n) is 10.4. The highest BCUT2D eigenvalue weighted by molar-refractivity contribution is 6.11. The molecule has 158 valence electrons. The molecule has 2 aromatic carbocycles. The molecule has 2 aromatic rings. The molecule has 0 radical (unpaired) electrons. The van der Waals surface area contributed by atoms with Gasteiger partial charge in [0.2, 0.25) is 5.91 Å². The number of urea groups is 1. The van der Waals surface area contributed by atoms with Crippen LogP contribution in [0.25, 0.3) is 0 Å². The van der Waals surface area contributed by atoms with Crippen LogP contribution in [0.2, 0.25) is 0 Å². The summed E-state index contributed by atoms with van der Waals surface area (Å²) < 4.78 is 0. The molecule has 6 nitrogen and oxygen atoms in total. The SMILES string of the molecule is CCC[C@@H](C)NC(=O)CN1C(=O)N[C@@](c2ccccc2)(c2ccc(C)c(C)c2)C1=O. The molecule has 4 amide bonds. The van der Waals surface area contributed by atoms with Crippen molar-refractivity contribution < 1.29 is 14.4 Å². The van der Waals surface area contributed by atoms with E-state index in [9.17, 15) is 14.4 Å². The molecule has 1 heterocycles. The first kappa shape index (κ1) is 21.6. The average molecular weight is 408 g/mol. The van der Waals surface area contributed by atoms with Gasteiger partial charge in [-0.05, 0) is 49.4 Å². The second kappa shape index (κ2) is 8.69. The minimum Gasteiger partial charge on any atom is -0.352 e. The molecule has 30 heavy (non-hydrogen) atoms. The summed E-state index contributed by atoms with van der Waals surface area (Å²) in [5.74, 6) is -0.788. The fourth-order valence-corrected chi connectivity index (χ4v) is 3.91. The zero-order chi connectivity index (χ0) is 21.9. The summed E-state index contributed by atoms with van der Waals surface area (Å²) in [5.41, 5.74) is 2.10. The van der Waals surface area contributed by atoms with E-state index < -0.39 is 17.5 Å². The molecular weight excluding hydrogens is 378 g/mol. The highest BCUT2D eigenvalue weighted by atomic mass is 16.2. The highest BCUT2D eigenvalue weighted by Gasteiger charge is 2.54. The van der Waals surface area contributed by atoms with E-state index in [1.54, 1.807) is 0 Å². The number of imide groups is 1. The summed E-state index contributed by atoms with van der Waals surface area (Å²) >= 11 is 0. The van der Waals surface area contributed by atoms with Crippen LogP contribution in [0.5, 0.6) is 0 Å². The second-order valence-electron chi connectivity index (χ2n) is 7.99. The van der Waals surface area contributed by atoms with Crippen LogP contribution in [0.1, 0.15) is 48.9 Å². The Morgan fingerprint density at radius 1 is 1.07 bits per heavy atom. The first-order chi connectivity index (χ1) is 14.3. The maximum atomic E-state index is 13.6. The van der Waals surface area contributed by atoms with Gasteiger partial charge in [-0.1, -0.05) is 61.9 Å². The third kappa shape index (κ3) is 3.95. The number of rotatable bonds is 7. The highest BCUT2D eigenvalue weighted by Crippen LogP contribution is 2.36. The summed E-state index contributed by atoms with van der Waals surface area (Å²) in [6.07, 6.45) is 1.77. The Morgan fingerprint density at radius 3 is 2.40 bits per heavy atom. The summed E-state index contributed by atoms with van der Waals surface area (Å²) in [5, 5.41) is 5.75. The lowest BCUT2D eigenvalue weighted by Gasteiger charge is -2.28. The maximum absolute atomic E-state index is 13.6. The fraction of sp³-hybridized carbons (Fsp3) is 0.375. The molecule has 2 atom stereocenters. The van der Waals surface area contributed by atoms with Crippen molar-refractivity contribution in [2.45, 2.75) is 52.1 Å². The Kier molecular flexibility index (Phi) is 6.25. The maximum Gasteiger partial charge on any atom is 0.326 e. The number of aryl methyl sites for hydroxylation is 2. The van der Waals surface area contributed by atoms with Crippen LogP contribution >= 0.6 is 0 Å². The number of carbonyl (C=O) groups is 3. The van der Waals surface area contributed by atoms with Crippen LogP contribution in [0.3, 0.4) is 0 Å². The Balaban J connectivity index is 1.98. The van der Waals surface area contributed by atoms with Gasteiger partial charge in [0.05, 0.1) is 0 Å². The molecule has 0 unspecified atom stereocenters. The smallest absolute Gasteiger partial charge is 0.326 e. The van der Waals surface area contributed by atoms with E-state index in [-0.39, 0.29) is 18.5 Å². The minimum atomic E-state index is -1.36. The van der Waals surface area contributed by atoms with E-state index in [1.807, 2.05) is 76.2 Å². The zero-order valence-electron chi connectivity index (χ0n) is 18.0. The van der Waals surface area contributed by atoms with Crippen LogP contribution in [0, 0.1) is 13.8 Å². The van der Waals surface area contributed by atoms with Gasteiger partial charge in [0, 0.05) is 6.04 Å². The summed E-state index contributed by atoms with van der Waals surface area (Å²) in [7, 11) is 0. The van der Waals surface area contributed by atoms with E-state index >= 15 is 0 Å². The van der Waals surface area contributed by atoms with Gasteiger partial charge in [0.1, 0.15) is 6.54 Å². The molecule has 3 rings (SSSR count). The molecule has 2 N–H and O–H groups in total. The van der Waals surface area contributed by atoms with Crippen molar-refractivity contribution in [3.8, 4) is 0 Å². The molecule has 1 fully saturated rings. The van der Waals surface area contributed by atoms with Crippen LogP contribution in [0.4, 0.5) is 4.79 Å². The molecule has 0 aliphatic carbocycles. The summed E-state index contributed by atoms with van der Waals surface area (Å²) in [4.78, 5) is 40.0. The molecule has 1 aliphatic heterocycles. The Labute approximate surface area is 177 Å². The van der Waals surface area contributed by atoms with Gasteiger partial charge in [-0.3, -0.25) is 14.5 Å². The van der Waals surface area contributed by atoms with E-state index in [0.717, 1.165) is 28.9 Å². The minimum absolute atomic E-state index is 0.0121. The largest absolute Gasteiger partial charge is 0.352 e. The van der Waals surface area contributed by atoms with Crippen LogP contribution in [-0.2, 0) is 15.1 Å². The standard InChI is InChI=1S/C24H29N3O3/c1-5-9-18(4)25-21(28)15-27-22(29)24(26-23(27)30,19-10-7-6-8-11-19)20-13-12-16(2)17(3)14-20/h6-8,10-14,18H,5,9,15H2,1-4H3,(H,25,28)(H,26,30)/t18-,24+/m1/s1.